The second kappa shape index (κ2) is 9.40. The van der Waals surface area contributed by atoms with E-state index in [4.69, 9.17) is 9.47 Å². The molecule has 1 amide bonds. The molecule has 0 bridgehead atoms. The van der Waals surface area contributed by atoms with Gasteiger partial charge in [-0.15, -0.1) is 0 Å². The van der Waals surface area contributed by atoms with Crippen molar-refractivity contribution >= 4 is 12.2 Å². The van der Waals surface area contributed by atoms with Crippen LogP contribution >= 0.6 is 0 Å². The molecule has 0 aromatic heterocycles. The number of para-hydroxylation sites is 1. The lowest BCUT2D eigenvalue weighted by Gasteiger charge is -2.38. The highest BCUT2D eigenvalue weighted by Gasteiger charge is 2.34. The van der Waals surface area contributed by atoms with Gasteiger partial charge in [0.15, 0.2) is 12.9 Å². The topological polar surface area (TPSA) is 64.6 Å². The second-order valence-electron chi connectivity index (χ2n) is 7.29. The van der Waals surface area contributed by atoms with Crippen LogP contribution in [-0.4, -0.2) is 32.5 Å². The van der Waals surface area contributed by atoms with Crippen LogP contribution in [0.2, 0.25) is 0 Å². The molecule has 1 fully saturated rings. The molecule has 1 aliphatic rings. The second-order valence-corrected chi connectivity index (χ2v) is 7.29. The van der Waals surface area contributed by atoms with Crippen LogP contribution in [0.4, 0.5) is 0 Å². The number of ether oxygens (including phenoxy) is 2. The Labute approximate surface area is 166 Å². The minimum atomic E-state index is -0.181. The van der Waals surface area contributed by atoms with Crippen molar-refractivity contribution in [3.8, 4) is 11.5 Å². The van der Waals surface area contributed by atoms with Crippen LogP contribution in [0, 0.1) is 0 Å². The average molecular weight is 381 g/mol. The van der Waals surface area contributed by atoms with Crippen LogP contribution in [0.1, 0.15) is 48.0 Å². The summed E-state index contributed by atoms with van der Waals surface area (Å²) in [6.45, 7) is 0.473. The first-order chi connectivity index (χ1) is 13.7. The fourth-order valence-electron chi connectivity index (χ4n) is 3.91. The lowest BCUT2D eigenvalue weighted by atomic mass is 9.69. The quantitative estimate of drug-likeness (QED) is 0.704. The van der Waals surface area contributed by atoms with Gasteiger partial charge in [-0.25, -0.2) is 0 Å². The molecule has 1 aliphatic carbocycles. The standard InChI is InChI=1S/C23H27NO4/c1-27-20-11-9-19(10-12-20)23(13-5-2-6-14-23)17-24-22(26)16-28-21-8-4-3-7-18(21)15-25/h3-4,7-12,15H,2,5-6,13-14,16-17H2,1H3,(H,24,26). The van der Waals surface area contributed by atoms with Crippen molar-refractivity contribution < 1.29 is 19.1 Å². The molecule has 1 saturated carbocycles. The Kier molecular flexibility index (Phi) is 6.69. The van der Waals surface area contributed by atoms with Gasteiger partial charge < -0.3 is 14.8 Å². The molecule has 148 valence electrons. The molecule has 0 spiro atoms. The minimum Gasteiger partial charge on any atom is -0.497 e. The predicted molar refractivity (Wildman–Crippen MR) is 108 cm³/mol. The normalized spacial score (nSPS) is 15.5. The van der Waals surface area contributed by atoms with Crippen molar-refractivity contribution in [2.75, 3.05) is 20.3 Å². The maximum atomic E-state index is 12.4. The molecule has 1 N–H and O–H groups in total. The molecule has 28 heavy (non-hydrogen) atoms. The number of benzene rings is 2. The Morgan fingerprint density at radius 3 is 2.46 bits per heavy atom. The third-order valence-electron chi connectivity index (χ3n) is 5.54. The summed E-state index contributed by atoms with van der Waals surface area (Å²) < 4.78 is 10.8. The molecule has 5 nitrogen and oxygen atoms in total. The van der Waals surface area contributed by atoms with Gasteiger partial charge in [0.2, 0.25) is 0 Å². The van der Waals surface area contributed by atoms with Gasteiger partial charge in [0.25, 0.3) is 5.91 Å². The van der Waals surface area contributed by atoms with Gasteiger partial charge in [-0.05, 0) is 42.7 Å². The zero-order chi connectivity index (χ0) is 19.8. The number of amides is 1. The van der Waals surface area contributed by atoms with E-state index in [1.807, 2.05) is 12.1 Å². The van der Waals surface area contributed by atoms with Crippen LogP contribution in [-0.2, 0) is 10.2 Å². The molecular weight excluding hydrogens is 354 g/mol. The summed E-state index contributed by atoms with van der Waals surface area (Å²) in [5.74, 6) is 1.08. The highest BCUT2D eigenvalue weighted by molar-refractivity contribution is 5.80. The first-order valence-electron chi connectivity index (χ1n) is 9.75. The monoisotopic (exact) mass is 381 g/mol. The van der Waals surface area contributed by atoms with E-state index in [1.54, 1.807) is 31.4 Å². The first kappa shape index (κ1) is 19.9. The Bertz CT molecular complexity index is 795. The van der Waals surface area contributed by atoms with Gasteiger partial charge >= 0.3 is 0 Å². The summed E-state index contributed by atoms with van der Waals surface area (Å²) in [5.41, 5.74) is 1.62. The van der Waals surface area contributed by atoms with Crippen molar-refractivity contribution in [2.24, 2.45) is 0 Å². The number of hydrogen-bond acceptors (Lipinski definition) is 4. The van der Waals surface area contributed by atoms with Crippen molar-refractivity contribution in [1.82, 2.24) is 5.32 Å². The van der Waals surface area contributed by atoms with Crippen LogP contribution < -0.4 is 14.8 Å². The molecule has 0 aliphatic heterocycles. The largest absolute Gasteiger partial charge is 0.497 e. The predicted octanol–water partition coefficient (Wildman–Crippen LogP) is 3.90. The zero-order valence-corrected chi connectivity index (χ0v) is 16.3. The molecule has 0 radical (unpaired) electrons. The molecule has 2 aromatic carbocycles. The van der Waals surface area contributed by atoms with Crippen molar-refractivity contribution in [3.63, 3.8) is 0 Å². The summed E-state index contributed by atoms with van der Waals surface area (Å²) in [7, 11) is 1.66. The number of aldehydes is 1. The maximum absolute atomic E-state index is 12.4. The molecule has 3 rings (SSSR count). The number of hydrogen-bond donors (Lipinski definition) is 1. The van der Waals surface area contributed by atoms with Gasteiger partial charge in [-0.2, -0.15) is 0 Å². The van der Waals surface area contributed by atoms with E-state index in [1.165, 1.54) is 12.0 Å². The lowest BCUT2D eigenvalue weighted by molar-refractivity contribution is -0.123. The Balaban J connectivity index is 1.63. The fraction of sp³-hybridized carbons (Fsp3) is 0.391. The highest BCUT2D eigenvalue weighted by Crippen LogP contribution is 2.39. The van der Waals surface area contributed by atoms with Crippen LogP contribution in [0.15, 0.2) is 48.5 Å². The third kappa shape index (κ3) is 4.71. The van der Waals surface area contributed by atoms with Gasteiger partial charge in [-0.3, -0.25) is 9.59 Å². The Morgan fingerprint density at radius 2 is 1.79 bits per heavy atom. The van der Waals surface area contributed by atoms with Crippen LogP contribution in [0.5, 0.6) is 11.5 Å². The number of methoxy groups -OCH3 is 1. The molecule has 2 aromatic rings. The number of carbonyl (C=O) groups is 2. The van der Waals surface area contributed by atoms with E-state index in [0.717, 1.165) is 37.7 Å². The Hall–Kier alpha value is -2.82. The van der Waals surface area contributed by atoms with Gasteiger partial charge in [-0.1, -0.05) is 43.5 Å². The smallest absolute Gasteiger partial charge is 0.257 e. The van der Waals surface area contributed by atoms with E-state index in [0.29, 0.717) is 17.9 Å². The van der Waals surface area contributed by atoms with Crippen molar-refractivity contribution in [3.05, 3.63) is 59.7 Å². The third-order valence-corrected chi connectivity index (χ3v) is 5.54. The Morgan fingerprint density at radius 1 is 1.07 bits per heavy atom. The molecule has 0 saturated heterocycles. The fourth-order valence-corrected chi connectivity index (χ4v) is 3.91. The number of carbonyl (C=O) groups excluding carboxylic acids is 2. The molecule has 0 heterocycles. The summed E-state index contributed by atoms with van der Waals surface area (Å²) in [6.07, 6.45) is 6.38. The summed E-state index contributed by atoms with van der Waals surface area (Å²) in [6, 6.07) is 15.1. The van der Waals surface area contributed by atoms with E-state index in [2.05, 4.69) is 17.4 Å². The summed E-state index contributed by atoms with van der Waals surface area (Å²) >= 11 is 0. The van der Waals surface area contributed by atoms with Gasteiger partial charge in [0.1, 0.15) is 11.5 Å². The van der Waals surface area contributed by atoms with E-state index in [9.17, 15) is 9.59 Å². The lowest BCUT2D eigenvalue weighted by Crippen LogP contribution is -2.43. The van der Waals surface area contributed by atoms with E-state index >= 15 is 0 Å². The van der Waals surface area contributed by atoms with Crippen molar-refractivity contribution in [1.29, 1.82) is 0 Å². The van der Waals surface area contributed by atoms with E-state index in [-0.39, 0.29) is 17.9 Å². The summed E-state index contributed by atoms with van der Waals surface area (Å²) in [5, 5.41) is 3.04. The minimum absolute atomic E-state index is 0.0547. The van der Waals surface area contributed by atoms with Gasteiger partial charge in [0.05, 0.1) is 12.7 Å². The zero-order valence-electron chi connectivity index (χ0n) is 16.3. The van der Waals surface area contributed by atoms with Crippen molar-refractivity contribution in [2.45, 2.75) is 37.5 Å². The van der Waals surface area contributed by atoms with Crippen LogP contribution in [0.3, 0.4) is 0 Å². The maximum Gasteiger partial charge on any atom is 0.257 e. The molecule has 0 unspecified atom stereocenters. The van der Waals surface area contributed by atoms with Crippen LogP contribution in [0.25, 0.3) is 0 Å². The highest BCUT2D eigenvalue weighted by atomic mass is 16.5. The SMILES string of the molecule is COc1ccc(C2(CNC(=O)COc3ccccc3C=O)CCCCC2)cc1. The number of nitrogens with one attached hydrogen (secondary N) is 1. The van der Waals surface area contributed by atoms with E-state index < -0.39 is 0 Å². The molecule has 5 heteroatoms. The molecular formula is C23H27NO4. The molecule has 0 atom stereocenters. The first-order valence-corrected chi connectivity index (χ1v) is 9.75. The summed E-state index contributed by atoms with van der Waals surface area (Å²) in [4.78, 5) is 23.4. The average Bonchev–Trinajstić information content (AvgIpc) is 2.77. The van der Waals surface area contributed by atoms with Gasteiger partial charge in [0, 0.05) is 12.0 Å². The number of rotatable bonds is 8.